The summed E-state index contributed by atoms with van der Waals surface area (Å²) in [5, 5.41) is 0. The molecule has 0 spiro atoms. The lowest BCUT2D eigenvalue weighted by Gasteiger charge is -2.10. The molecule has 0 aliphatic heterocycles. The Labute approximate surface area is 117 Å². The van der Waals surface area contributed by atoms with Crippen LogP contribution in [0.1, 0.15) is 31.1 Å². The number of ether oxygens (including phenoxy) is 1. The third kappa shape index (κ3) is 3.32. The smallest absolute Gasteiger partial charge is 0.223 e. The van der Waals surface area contributed by atoms with Gasteiger partial charge in [-0.15, -0.1) is 0 Å². The van der Waals surface area contributed by atoms with E-state index in [0.717, 1.165) is 5.56 Å². The van der Waals surface area contributed by atoms with Crippen LogP contribution in [0.5, 0.6) is 5.88 Å². The number of hydrogen-bond donors (Lipinski definition) is 1. The molecule has 0 fully saturated rings. The first-order valence-electron chi connectivity index (χ1n) is 6.38. The molecule has 0 saturated carbocycles. The van der Waals surface area contributed by atoms with E-state index >= 15 is 0 Å². The van der Waals surface area contributed by atoms with Gasteiger partial charge in [-0.1, -0.05) is 18.2 Å². The van der Waals surface area contributed by atoms with Crippen molar-refractivity contribution >= 4 is 11.7 Å². The van der Waals surface area contributed by atoms with E-state index in [2.05, 4.69) is 9.97 Å². The summed E-state index contributed by atoms with van der Waals surface area (Å²) in [5.41, 5.74) is 7.77. The van der Waals surface area contributed by atoms with Crippen molar-refractivity contribution in [2.75, 3.05) is 5.73 Å². The minimum absolute atomic E-state index is 0.000652. The van der Waals surface area contributed by atoms with Gasteiger partial charge in [-0.25, -0.2) is 4.98 Å². The first kappa shape index (κ1) is 14.0. The number of ketones is 1. The largest absolute Gasteiger partial charge is 0.475 e. The number of carbonyl (C=O) groups is 1. The Hall–Kier alpha value is -2.43. The molecule has 0 atom stereocenters. The van der Waals surface area contributed by atoms with E-state index in [1.165, 1.54) is 6.92 Å². The van der Waals surface area contributed by atoms with E-state index in [4.69, 9.17) is 10.5 Å². The zero-order valence-corrected chi connectivity index (χ0v) is 11.8. The van der Waals surface area contributed by atoms with Crippen molar-refractivity contribution in [1.29, 1.82) is 0 Å². The maximum Gasteiger partial charge on any atom is 0.223 e. The first-order valence-corrected chi connectivity index (χ1v) is 6.38. The lowest BCUT2D eigenvalue weighted by molar-refractivity contribution is 0.101. The molecule has 0 bridgehead atoms. The highest BCUT2D eigenvalue weighted by Crippen LogP contribution is 2.23. The quantitative estimate of drug-likeness (QED) is 0.865. The van der Waals surface area contributed by atoms with E-state index in [0.29, 0.717) is 17.1 Å². The van der Waals surface area contributed by atoms with Crippen LogP contribution in [0.2, 0.25) is 0 Å². The number of hydrogen-bond acceptors (Lipinski definition) is 5. The topological polar surface area (TPSA) is 78.1 Å². The lowest BCUT2D eigenvalue weighted by Crippen LogP contribution is -2.09. The van der Waals surface area contributed by atoms with E-state index < -0.39 is 0 Å². The third-order valence-electron chi connectivity index (χ3n) is 2.64. The molecule has 1 heterocycles. The molecular formula is C15H17N3O2. The molecular weight excluding hydrogens is 254 g/mol. The van der Waals surface area contributed by atoms with Crippen LogP contribution in [0, 0.1) is 0 Å². The molecule has 20 heavy (non-hydrogen) atoms. The van der Waals surface area contributed by atoms with Gasteiger partial charge in [0.25, 0.3) is 0 Å². The summed E-state index contributed by atoms with van der Waals surface area (Å²) in [6.07, 6.45) is 0.000652. The number of Topliss-reactive ketones (excluding diaryl/α,β-unsaturated/α-hetero) is 1. The van der Waals surface area contributed by atoms with Crippen LogP contribution in [0.15, 0.2) is 30.3 Å². The van der Waals surface area contributed by atoms with Crippen LogP contribution in [-0.2, 0) is 0 Å². The molecule has 0 aliphatic rings. The summed E-state index contributed by atoms with van der Waals surface area (Å²) in [4.78, 5) is 19.6. The predicted molar refractivity (Wildman–Crippen MR) is 77.6 cm³/mol. The van der Waals surface area contributed by atoms with Crippen LogP contribution in [0.3, 0.4) is 0 Å². The van der Waals surface area contributed by atoms with Crippen molar-refractivity contribution in [3.8, 4) is 17.1 Å². The molecule has 0 saturated heterocycles. The highest BCUT2D eigenvalue weighted by molar-refractivity contribution is 5.95. The molecule has 0 amide bonds. The molecule has 2 N–H and O–H groups in total. The second-order valence-corrected chi connectivity index (χ2v) is 4.75. The Bertz CT molecular complexity index is 639. The number of anilines is 1. The fourth-order valence-corrected chi connectivity index (χ4v) is 1.79. The van der Waals surface area contributed by atoms with Crippen LogP contribution >= 0.6 is 0 Å². The molecule has 5 nitrogen and oxygen atoms in total. The van der Waals surface area contributed by atoms with Crippen LogP contribution in [0.25, 0.3) is 11.3 Å². The van der Waals surface area contributed by atoms with Gasteiger partial charge in [-0.05, 0) is 26.8 Å². The standard InChI is InChI=1S/C15H17N3O2/c1-9(2)20-14-8-13(17-15(16)18-14)12-6-4-5-11(7-12)10(3)19/h4-9H,1-3H3,(H2,16,17,18). The van der Waals surface area contributed by atoms with Gasteiger partial charge >= 0.3 is 0 Å². The molecule has 2 aromatic rings. The third-order valence-corrected chi connectivity index (χ3v) is 2.64. The summed E-state index contributed by atoms with van der Waals surface area (Å²) >= 11 is 0. The fraction of sp³-hybridized carbons (Fsp3) is 0.267. The molecule has 0 radical (unpaired) electrons. The monoisotopic (exact) mass is 271 g/mol. The van der Waals surface area contributed by atoms with Gasteiger partial charge in [-0.3, -0.25) is 4.79 Å². The SMILES string of the molecule is CC(=O)c1cccc(-c2cc(OC(C)C)nc(N)n2)c1. The second kappa shape index (κ2) is 5.69. The summed E-state index contributed by atoms with van der Waals surface area (Å²) in [6, 6.07) is 8.95. The molecule has 0 aliphatic carbocycles. The summed E-state index contributed by atoms with van der Waals surface area (Å²) in [7, 11) is 0. The van der Waals surface area contributed by atoms with Crippen LogP contribution in [-0.4, -0.2) is 21.9 Å². The van der Waals surface area contributed by atoms with Crippen molar-refractivity contribution in [2.45, 2.75) is 26.9 Å². The molecule has 104 valence electrons. The minimum Gasteiger partial charge on any atom is -0.475 e. The zero-order chi connectivity index (χ0) is 14.7. The lowest BCUT2D eigenvalue weighted by atomic mass is 10.1. The molecule has 2 rings (SSSR count). The summed E-state index contributed by atoms with van der Waals surface area (Å²) in [6.45, 7) is 5.35. The predicted octanol–water partition coefficient (Wildman–Crippen LogP) is 2.72. The minimum atomic E-state index is 0.000652. The van der Waals surface area contributed by atoms with E-state index in [-0.39, 0.29) is 17.8 Å². The highest BCUT2D eigenvalue weighted by atomic mass is 16.5. The maximum absolute atomic E-state index is 11.4. The highest BCUT2D eigenvalue weighted by Gasteiger charge is 2.09. The molecule has 1 aromatic carbocycles. The van der Waals surface area contributed by atoms with E-state index in [1.54, 1.807) is 18.2 Å². The fourth-order valence-electron chi connectivity index (χ4n) is 1.79. The molecule has 0 unspecified atom stereocenters. The van der Waals surface area contributed by atoms with Crippen molar-refractivity contribution < 1.29 is 9.53 Å². The van der Waals surface area contributed by atoms with Gasteiger partial charge in [-0.2, -0.15) is 4.98 Å². The Morgan fingerprint density at radius 1 is 1.25 bits per heavy atom. The van der Waals surface area contributed by atoms with Gasteiger partial charge in [0, 0.05) is 17.2 Å². The van der Waals surface area contributed by atoms with Crippen molar-refractivity contribution in [3.63, 3.8) is 0 Å². The summed E-state index contributed by atoms with van der Waals surface area (Å²) in [5.74, 6) is 0.578. The van der Waals surface area contributed by atoms with Crippen molar-refractivity contribution in [2.24, 2.45) is 0 Å². The number of aromatic nitrogens is 2. The van der Waals surface area contributed by atoms with Gasteiger partial charge in [0.15, 0.2) is 5.78 Å². The van der Waals surface area contributed by atoms with Crippen molar-refractivity contribution in [1.82, 2.24) is 9.97 Å². The van der Waals surface area contributed by atoms with Gasteiger partial charge in [0.05, 0.1) is 11.8 Å². The Kier molecular flexibility index (Phi) is 3.98. The number of nitrogen functional groups attached to an aromatic ring is 1. The van der Waals surface area contributed by atoms with Crippen LogP contribution in [0.4, 0.5) is 5.95 Å². The number of carbonyl (C=O) groups excluding carboxylic acids is 1. The Morgan fingerprint density at radius 3 is 2.65 bits per heavy atom. The first-order chi connectivity index (χ1) is 9.45. The number of benzene rings is 1. The average molecular weight is 271 g/mol. The van der Waals surface area contributed by atoms with Gasteiger partial charge in [0.2, 0.25) is 11.8 Å². The molecule has 1 aromatic heterocycles. The number of nitrogens with zero attached hydrogens (tertiary/aromatic N) is 2. The second-order valence-electron chi connectivity index (χ2n) is 4.75. The molecule has 5 heteroatoms. The Morgan fingerprint density at radius 2 is 2.00 bits per heavy atom. The maximum atomic E-state index is 11.4. The Balaban J connectivity index is 2.44. The van der Waals surface area contributed by atoms with Gasteiger partial charge < -0.3 is 10.5 Å². The normalized spacial score (nSPS) is 10.6. The summed E-state index contributed by atoms with van der Waals surface area (Å²) < 4.78 is 5.54. The van der Waals surface area contributed by atoms with Crippen LogP contribution < -0.4 is 10.5 Å². The number of rotatable bonds is 4. The zero-order valence-electron chi connectivity index (χ0n) is 11.8. The van der Waals surface area contributed by atoms with Crippen molar-refractivity contribution in [3.05, 3.63) is 35.9 Å². The van der Waals surface area contributed by atoms with E-state index in [1.807, 2.05) is 26.0 Å². The van der Waals surface area contributed by atoms with Gasteiger partial charge in [0.1, 0.15) is 0 Å². The van der Waals surface area contributed by atoms with E-state index in [9.17, 15) is 4.79 Å². The average Bonchev–Trinajstić information content (AvgIpc) is 2.37. The number of nitrogens with two attached hydrogens (primary N) is 1.